The molecule has 1 N–H and O–H groups in total. The topological polar surface area (TPSA) is 30.5 Å². The average Bonchev–Trinajstić information content (AvgIpc) is 2.52. The van der Waals surface area contributed by atoms with E-state index in [0.29, 0.717) is 0 Å². The summed E-state index contributed by atoms with van der Waals surface area (Å²) in [6.07, 6.45) is 4.91. The van der Waals surface area contributed by atoms with Crippen molar-refractivity contribution in [1.82, 2.24) is 5.32 Å². The van der Waals surface area contributed by atoms with Crippen LogP contribution in [0.4, 0.5) is 0 Å². The van der Waals surface area contributed by atoms with E-state index < -0.39 is 0 Å². The van der Waals surface area contributed by atoms with E-state index in [2.05, 4.69) is 51.7 Å². The maximum atomic E-state index is 5.99. The highest BCUT2D eigenvalue weighted by Crippen LogP contribution is 2.39. The summed E-state index contributed by atoms with van der Waals surface area (Å²) in [6.45, 7) is 10.3. The molecule has 0 atom stereocenters. The molecule has 2 rings (SSSR count). The summed E-state index contributed by atoms with van der Waals surface area (Å²) in [5.74, 6) is 0. The van der Waals surface area contributed by atoms with Crippen LogP contribution in [0.2, 0.25) is 0 Å². The molecule has 0 aromatic rings. The second-order valence-corrected chi connectivity index (χ2v) is 5.32. The lowest BCUT2D eigenvalue weighted by molar-refractivity contribution is 0.00578. The molecule has 5 heteroatoms. The Morgan fingerprint density at radius 2 is 1.71 bits per heavy atom. The third kappa shape index (κ3) is 3.28. The second-order valence-electron chi connectivity index (χ2n) is 5.32. The molecular formula is C12H24BNO2S. The molecule has 17 heavy (non-hydrogen) atoms. The van der Waals surface area contributed by atoms with Gasteiger partial charge in [-0.25, -0.2) is 0 Å². The number of hydrogen-bond acceptors (Lipinski definition) is 4. The molecule has 0 spiro atoms. The molecule has 2 aliphatic rings. The maximum absolute atomic E-state index is 5.99. The molecule has 1 saturated heterocycles. The number of nitrogens with one attached hydrogen (secondary N) is 1. The van der Waals surface area contributed by atoms with Crippen LogP contribution < -0.4 is 5.32 Å². The van der Waals surface area contributed by atoms with E-state index in [0.717, 1.165) is 19.5 Å². The van der Waals surface area contributed by atoms with E-state index in [4.69, 9.17) is 9.31 Å². The van der Waals surface area contributed by atoms with Crippen molar-refractivity contribution in [3.63, 3.8) is 0 Å². The van der Waals surface area contributed by atoms with Gasteiger partial charge in [-0.3, -0.25) is 0 Å². The molecule has 0 aromatic carbocycles. The molecule has 0 unspecified atom stereocenters. The quantitative estimate of drug-likeness (QED) is 0.557. The zero-order chi connectivity index (χ0) is 13.1. The minimum atomic E-state index is -0.219. The fourth-order valence-electron chi connectivity index (χ4n) is 1.85. The van der Waals surface area contributed by atoms with Gasteiger partial charge < -0.3 is 14.6 Å². The van der Waals surface area contributed by atoms with Crippen molar-refractivity contribution in [2.45, 2.75) is 45.3 Å². The molecular weight excluding hydrogens is 233 g/mol. The van der Waals surface area contributed by atoms with Gasteiger partial charge in [0.25, 0.3) is 0 Å². The smallest absolute Gasteiger partial charge is 0.400 e. The van der Waals surface area contributed by atoms with Crippen LogP contribution in [0.25, 0.3) is 0 Å². The Labute approximate surface area is 111 Å². The molecule has 0 radical (unpaired) electrons. The lowest BCUT2D eigenvalue weighted by atomic mass is 9.75. The molecule has 98 valence electrons. The van der Waals surface area contributed by atoms with E-state index in [1.54, 1.807) is 6.26 Å². The van der Waals surface area contributed by atoms with Crippen LogP contribution in [0.3, 0.4) is 0 Å². The van der Waals surface area contributed by atoms with Gasteiger partial charge in [-0.05, 0) is 52.4 Å². The van der Waals surface area contributed by atoms with Crippen LogP contribution in [0, 0.1) is 0 Å². The van der Waals surface area contributed by atoms with E-state index in [-0.39, 0.29) is 18.3 Å². The summed E-state index contributed by atoms with van der Waals surface area (Å²) in [5, 5.41) is 3.29. The summed E-state index contributed by atoms with van der Waals surface area (Å²) >= 11 is 3.53. The molecule has 3 nitrogen and oxygen atoms in total. The lowest BCUT2D eigenvalue weighted by Crippen LogP contribution is -2.41. The van der Waals surface area contributed by atoms with Crippen LogP contribution in [0.1, 0.15) is 34.1 Å². The van der Waals surface area contributed by atoms with E-state index in [1.807, 2.05) is 0 Å². The molecule has 0 aromatic heterocycles. The van der Waals surface area contributed by atoms with Gasteiger partial charge in [-0.2, -0.15) is 12.6 Å². The van der Waals surface area contributed by atoms with Crippen LogP contribution in [-0.4, -0.2) is 37.7 Å². The van der Waals surface area contributed by atoms with Gasteiger partial charge in [0.05, 0.1) is 11.2 Å². The van der Waals surface area contributed by atoms with Crippen LogP contribution in [0.15, 0.2) is 11.5 Å². The summed E-state index contributed by atoms with van der Waals surface area (Å²) in [6, 6.07) is 0. The van der Waals surface area contributed by atoms with Gasteiger partial charge in [0.1, 0.15) is 0 Å². The molecule has 2 heterocycles. The van der Waals surface area contributed by atoms with Gasteiger partial charge in [0, 0.05) is 6.54 Å². The van der Waals surface area contributed by atoms with Gasteiger partial charge in [0.15, 0.2) is 0 Å². The lowest BCUT2D eigenvalue weighted by Gasteiger charge is -2.32. The van der Waals surface area contributed by atoms with Crippen molar-refractivity contribution in [1.29, 1.82) is 0 Å². The number of rotatable bonds is 1. The summed E-state index contributed by atoms with van der Waals surface area (Å²) in [5.41, 5.74) is 0.847. The molecule has 0 aliphatic carbocycles. The highest BCUT2D eigenvalue weighted by atomic mass is 32.1. The highest BCUT2D eigenvalue weighted by molar-refractivity contribution is 7.79. The summed E-state index contributed by atoms with van der Waals surface area (Å²) in [4.78, 5) is 0. The summed E-state index contributed by atoms with van der Waals surface area (Å²) in [7, 11) is -0.142. The Bertz CT molecular complexity index is 276. The summed E-state index contributed by atoms with van der Waals surface area (Å²) < 4.78 is 12.0. The Morgan fingerprint density at radius 3 is 2.12 bits per heavy atom. The first-order chi connectivity index (χ1) is 7.92. The molecule has 2 aliphatic heterocycles. The van der Waals surface area contributed by atoms with Crippen molar-refractivity contribution in [2.75, 3.05) is 19.3 Å². The van der Waals surface area contributed by atoms with Crippen molar-refractivity contribution < 1.29 is 9.31 Å². The van der Waals surface area contributed by atoms with Gasteiger partial charge in [-0.15, -0.1) is 0 Å². The predicted molar refractivity (Wildman–Crippen MR) is 76.6 cm³/mol. The maximum Gasteiger partial charge on any atom is 0.490 e. The second kappa shape index (κ2) is 5.78. The molecule has 0 bridgehead atoms. The Morgan fingerprint density at radius 1 is 1.18 bits per heavy atom. The Hall–Kier alpha value is 0.0349. The number of thiol groups is 1. The van der Waals surface area contributed by atoms with Crippen LogP contribution in [0.5, 0.6) is 0 Å². The molecule has 0 saturated carbocycles. The molecule has 1 fully saturated rings. The van der Waals surface area contributed by atoms with Crippen molar-refractivity contribution in [2.24, 2.45) is 0 Å². The first-order valence-electron chi connectivity index (χ1n) is 6.12. The van der Waals surface area contributed by atoms with Gasteiger partial charge in [-0.1, -0.05) is 6.08 Å². The van der Waals surface area contributed by atoms with Crippen molar-refractivity contribution >= 4 is 19.7 Å². The first-order valence-corrected chi connectivity index (χ1v) is 7.02. The zero-order valence-electron chi connectivity index (χ0n) is 11.5. The largest absolute Gasteiger partial charge is 0.490 e. The predicted octanol–water partition coefficient (Wildman–Crippen LogP) is 2.08. The normalized spacial score (nSPS) is 26.0. The number of hydrogen-bond donors (Lipinski definition) is 2. The fourth-order valence-corrected chi connectivity index (χ4v) is 1.85. The van der Waals surface area contributed by atoms with Crippen molar-refractivity contribution in [3.05, 3.63) is 11.5 Å². The first kappa shape index (κ1) is 15.1. The SMILES string of the molecule is CC1(C)OB(C2=CCNCC2)OC1(C)C.CS. The van der Waals surface area contributed by atoms with Crippen molar-refractivity contribution in [3.8, 4) is 0 Å². The zero-order valence-corrected chi connectivity index (χ0v) is 12.4. The van der Waals surface area contributed by atoms with Crippen LogP contribution >= 0.6 is 12.6 Å². The van der Waals surface area contributed by atoms with Crippen LogP contribution in [-0.2, 0) is 9.31 Å². The van der Waals surface area contributed by atoms with Gasteiger partial charge >= 0.3 is 7.12 Å². The average molecular weight is 257 g/mol. The minimum Gasteiger partial charge on any atom is -0.400 e. The van der Waals surface area contributed by atoms with Gasteiger partial charge in [0.2, 0.25) is 0 Å². The van der Waals surface area contributed by atoms with E-state index in [9.17, 15) is 0 Å². The van der Waals surface area contributed by atoms with E-state index in [1.165, 1.54) is 5.47 Å². The highest BCUT2D eigenvalue weighted by Gasteiger charge is 2.52. The minimum absolute atomic E-state index is 0.142. The molecule has 0 amide bonds. The monoisotopic (exact) mass is 257 g/mol. The standard InChI is InChI=1S/C11H20BNO2.CH4S/c1-10(2)11(3,4)15-12(14-10)9-5-7-13-8-6-9;1-2/h5,13H,6-8H2,1-4H3;2H,1H3. The van der Waals surface area contributed by atoms with E-state index >= 15 is 0 Å². The Kier molecular flexibility index (Phi) is 5.13. The fraction of sp³-hybridized carbons (Fsp3) is 0.833. The third-order valence-electron chi connectivity index (χ3n) is 3.66. The third-order valence-corrected chi connectivity index (χ3v) is 3.66. The Balaban J connectivity index is 0.000000686.